The summed E-state index contributed by atoms with van der Waals surface area (Å²) in [5.74, 6) is 0.134. The van der Waals surface area contributed by atoms with E-state index in [1.54, 1.807) is 19.0 Å². The van der Waals surface area contributed by atoms with Gasteiger partial charge < -0.3 is 15.0 Å². The first-order valence-electron chi connectivity index (χ1n) is 6.49. The van der Waals surface area contributed by atoms with Gasteiger partial charge in [-0.2, -0.15) is 0 Å². The van der Waals surface area contributed by atoms with Gasteiger partial charge in [-0.1, -0.05) is 6.92 Å². The fourth-order valence-corrected chi connectivity index (χ4v) is 2.33. The first-order valence-corrected chi connectivity index (χ1v) is 6.49. The Balaban J connectivity index is 2.49. The highest BCUT2D eigenvalue weighted by Gasteiger charge is 2.32. The molecule has 1 N–H and O–H groups in total. The molecular formula is C13H26N2O2. The number of hydrogen-bond acceptors (Lipinski definition) is 3. The summed E-state index contributed by atoms with van der Waals surface area (Å²) < 4.78 is 5.80. The van der Waals surface area contributed by atoms with Crippen molar-refractivity contribution in [2.24, 2.45) is 0 Å². The molecule has 4 nitrogen and oxygen atoms in total. The summed E-state index contributed by atoms with van der Waals surface area (Å²) >= 11 is 0. The lowest BCUT2D eigenvalue weighted by Gasteiger charge is -2.39. The topological polar surface area (TPSA) is 41.6 Å². The average Bonchev–Trinajstić information content (AvgIpc) is 2.28. The molecule has 1 aliphatic rings. The van der Waals surface area contributed by atoms with Gasteiger partial charge in [0.2, 0.25) is 5.91 Å². The minimum absolute atomic E-state index is 0.0310. The summed E-state index contributed by atoms with van der Waals surface area (Å²) in [6.45, 7) is 7.02. The van der Waals surface area contributed by atoms with Crippen molar-refractivity contribution in [2.75, 3.05) is 20.7 Å². The van der Waals surface area contributed by atoms with Crippen LogP contribution in [0.25, 0.3) is 0 Å². The molecule has 0 spiro atoms. The van der Waals surface area contributed by atoms with Gasteiger partial charge in [-0.05, 0) is 33.1 Å². The van der Waals surface area contributed by atoms with Crippen molar-refractivity contribution in [2.45, 2.75) is 57.7 Å². The van der Waals surface area contributed by atoms with Crippen LogP contribution in [0, 0.1) is 0 Å². The fourth-order valence-electron chi connectivity index (χ4n) is 2.33. The maximum Gasteiger partial charge on any atom is 0.238 e. The van der Waals surface area contributed by atoms with Gasteiger partial charge in [0.15, 0.2) is 0 Å². The lowest BCUT2D eigenvalue weighted by molar-refractivity contribution is -0.131. The van der Waals surface area contributed by atoms with Gasteiger partial charge in [-0.3, -0.25) is 4.79 Å². The number of hydrogen-bond donors (Lipinski definition) is 1. The minimum atomic E-state index is -0.116. The van der Waals surface area contributed by atoms with Crippen LogP contribution >= 0.6 is 0 Å². The van der Waals surface area contributed by atoms with Crippen LogP contribution in [-0.4, -0.2) is 49.2 Å². The van der Waals surface area contributed by atoms with Gasteiger partial charge in [-0.25, -0.2) is 0 Å². The zero-order valence-corrected chi connectivity index (χ0v) is 11.7. The minimum Gasteiger partial charge on any atom is -0.375 e. The molecular weight excluding hydrogens is 216 g/mol. The molecule has 0 bridgehead atoms. The van der Waals surface area contributed by atoms with Crippen LogP contribution in [0.4, 0.5) is 0 Å². The molecule has 100 valence electrons. The Morgan fingerprint density at radius 2 is 2.24 bits per heavy atom. The van der Waals surface area contributed by atoms with E-state index in [0.717, 1.165) is 25.9 Å². The van der Waals surface area contributed by atoms with E-state index in [1.165, 1.54) is 0 Å². The second-order valence-corrected chi connectivity index (χ2v) is 5.46. The first-order chi connectivity index (χ1) is 7.88. The number of nitrogens with zero attached hydrogens (tertiary/aromatic N) is 1. The highest BCUT2D eigenvalue weighted by Crippen LogP contribution is 2.27. The van der Waals surface area contributed by atoms with Crippen molar-refractivity contribution in [3.63, 3.8) is 0 Å². The summed E-state index contributed by atoms with van der Waals surface area (Å²) in [4.78, 5) is 13.4. The number of ether oxygens (including phenoxy) is 1. The predicted octanol–water partition coefficient (Wildman–Crippen LogP) is 1.40. The number of likely N-dealkylation sites (N-methyl/N-ethyl adjacent to an activating group) is 1. The van der Waals surface area contributed by atoms with Crippen LogP contribution in [0.3, 0.4) is 0 Å². The largest absolute Gasteiger partial charge is 0.375 e. The molecule has 1 fully saturated rings. The van der Waals surface area contributed by atoms with Gasteiger partial charge in [0.25, 0.3) is 0 Å². The summed E-state index contributed by atoms with van der Waals surface area (Å²) in [5.41, 5.74) is -0.0310. The normalized spacial score (nSPS) is 31.0. The zero-order chi connectivity index (χ0) is 13.1. The maximum atomic E-state index is 11.8. The molecule has 3 unspecified atom stereocenters. The predicted molar refractivity (Wildman–Crippen MR) is 69.0 cm³/mol. The van der Waals surface area contributed by atoms with Crippen LogP contribution in [0.5, 0.6) is 0 Å². The van der Waals surface area contributed by atoms with Crippen molar-refractivity contribution in [3.8, 4) is 0 Å². The SMILES string of the molecule is CCC1(C)CC(NC(C)C(=O)N(C)C)CCO1. The third-order valence-electron chi connectivity index (χ3n) is 3.64. The van der Waals surface area contributed by atoms with Crippen LogP contribution in [0.1, 0.15) is 40.0 Å². The Labute approximate surface area is 105 Å². The highest BCUT2D eigenvalue weighted by atomic mass is 16.5. The van der Waals surface area contributed by atoms with Crippen molar-refractivity contribution in [1.29, 1.82) is 0 Å². The second-order valence-electron chi connectivity index (χ2n) is 5.46. The summed E-state index contributed by atoms with van der Waals surface area (Å²) in [6, 6.07) is 0.266. The van der Waals surface area contributed by atoms with Crippen molar-refractivity contribution < 1.29 is 9.53 Å². The Morgan fingerprint density at radius 3 is 2.76 bits per heavy atom. The molecule has 0 aromatic rings. The number of carbonyl (C=O) groups is 1. The van der Waals surface area contributed by atoms with E-state index in [2.05, 4.69) is 19.2 Å². The molecule has 3 atom stereocenters. The highest BCUT2D eigenvalue weighted by molar-refractivity contribution is 5.80. The van der Waals surface area contributed by atoms with Crippen LogP contribution in [0.15, 0.2) is 0 Å². The van der Waals surface area contributed by atoms with Gasteiger partial charge >= 0.3 is 0 Å². The number of amides is 1. The first kappa shape index (κ1) is 14.5. The molecule has 0 aliphatic carbocycles. The Morgan fingerprint density at radius 1 is 1.59 bits per heavy atom. The Kier molecular flexibility index (Phi) is 4.95. The van der Waals surface area contributed by atoms with Crippen molar-refractivity contribution in [1.82, 2.24) is 10.2 Å². The second kappa shape index (κ2) is 5.83. The van der Waals surface area contributed by atoms with E-state index in [4.69, 9.17) is 4.74 Å². The summed E-state index contributed by atoms with van der Waals surface area (Å²) in [6.07, 6.45) is 2.98. The quantitative estimate of drug-likeness (QED) is 0.810. The van der Waals surface area contributed by atoms with E-state index in [1.807, 2.05) is 6.92 Å². The summed E-state index contributed by atoms with van der Waals surface area (Å²) in [5, 5.41) is 3.42. The zero-order valence-electron chi connectivity index (χ0n) is 11.7. The monoisotopic (exact) mass is 242 g/mol. The van der Waals surface area contributed by atoms with Crippen LogP contribution < -0.4 is 5.32 Å². The number of rotatable bonds is 4. The third-order valence-corrected chi connectivity index (χ3v) is 3.64. The number of carbonyl (C=O) groups excluding carboxylic acids is 1. The van der Waals surface area contributed by atoms with E-state index in [-0.39, 0.29) is 17.6 Å². The molecule has 1 aliphatic heterocycles. The van der Waals surface area contributed by atoms with Crippen LogP contribution in [-0.2, 0) is 9.53 Å². The lowest BCUT2D eigenvalue weighted by Crippen LogP contribution is -2.51. The standard InChI is InChI=1S/C13H26N2O2/c1-6-13(3)9-11(7-8-17-13)14-10(2)12(16)15(4)5/h10-11,14H,6-9H2,1-5H3. The molecule has 1 amide bonds. The molecule has 0 aromatic carbocycles. The van der Waals surface area contributed by atoms with Gasteiger partial charge in [0.05, 0.1) is 11.6 Å². The van der Waals surface area contributed by atoms with Crippen molar-refractivity contribution in [3.05, 3.63) is 0 Å². The molecule has 4 heteroatoms. The van der Waals surface area contributed by atoms with Crippen LogP contribution in [0.2, 0.25) is 0 Å². The van der Waals surface area contributed by atoms with E-state index in [9.17, 15) is 4.79 Å². The molecule has 0 aromatic heterocycles. The molecule has 17 heavy (non-hydrogen) atoms. The van der Waals surface area contributed by atoms with Gasteiger partial charge in [0.1, 0.15) is 0 Å². The Hall–Kier alpha value is -0.610. The lowest BCUT2D eigenvalue weighted by atomic mass is 9.89. The molecule has 1 rings (SSSR count). The maximum absolute atomic E-state index is 11.8. The Bertz CT molecular complexity index is 268. The van der Waals surface area contributed by atoms with E-state index < -0.39 is 0 Å². The third kappa shape index (κ3) is 3.96. The van der Waals surface area contributed by atoms with E-state index >= 15 is 0 Å². The number of nitrogens with one attached hydrogen (secondary N) is 1. The van der Waals surface area contributed by atoms with Crippen molar-refractivity contribution >= 4 is 5.91 Å². The van der Waals surface area contributed by atoms with E-state index in [0.29, 0.717) is 6.04 Å². The average molecular weight is 242 g/mol. The smallest absolute Gasteiger partial charge is 0.238 e. The fraction of sp³-hybridized carbons (Fsp3) is 0.923. The molecule has 1 saturated heterocycles. The van der Waals surface area contributed by atoms with Gasteiger partial charge in [0, 0.05) is 26.7 Å². The molecule has 1 heterocycles. The van der Waals surface area contributed by atoms with Gasteiger partial charge in [-0.15, -0.1) is 0 Å². The molecule has 0 saturated carbocycles. The molecule has 0 radical (unpaired) electrons. The summed E-state index contributed by atoms with van der Waals surface area (Å²) in [7, 11) is 3.58.